The third-order valence-corrected chi connectivity index (χ3v) is 2.98. The molecule has 112 valence electrons. The van der Waals surface area contributed by atoms with Crippen LogP contribution in [0.3, 0.4) is 0 Å². The number of rotatable bonds is 7. The largest absolute Gasteiger partial charge is 0.486 e. The van der Waals surface area contributed by atoms with E-state index in [0.717, 1.165) is 30.3 Å². The van der Waals surface area contributed by atoms with Crippen molar-refractivity contribution < 1.29 is 9.47 Å². The van der Waals surface area contributed by atoms with Crippen molar-refractivity contribution in [3.05, 3.63) is 54.6 Å². The summed E-state index contributed by atoms with van der Waals surface area (Å²) in [5, 5.41) is 3.31. The molecule has 0 aliphatic heterocycles. The molecule has 0 saturated heterocycles. The Morgan fingerprint density at radius 1 is 0.905 bits per heavy atom. The van der Waals surface area contributed by atoms with Gasteiger partial charge in [0.05, 0.1) is 0 Å². The molecule has 0 spiro atoms. The van der Waals surface area contributed by atoms with Gasteiger partial charge in [-0.1, -0.05) is 31.2 Å². The number of likely N-dealkylation sites (N-methyl/N-ethyl adjacent to an activating group) is 1. The average molecular weight is 285 g/mol. The highest BCUT2D eigenvalue weighted by Crippen LogP contribution is 2.27. The predicted molar refractivity (Wildman–Crippen MR) is 86.2 cm³/mol. The Kier molecular flexibility index (Phi) is 5.23. The average Bonchev–Trinajstić information content (AvgIpc) is 2.46. The minimum atomic E-state index is -0.263. The molecule has 3 heteroatoms. The van der Waals surface area contributed by atoms with Gasteiger partial charge in [0.25, 0.3) is 0 Å². The third kappa shape index (κ3) is 5.12. The number of ether oxygens (including phenoxy) is 2. The van der Waals surface area contributed by atoms with Crippen molar-refractivity contribution >= 4 is 0 Å². The topological polar surface area (TPSA) is 30.5 Å². The highest BCUT2D eigenvalue weighted by Gasteiger charge is 2.19. The molecule has 2 rings (SSSR count). The fourth-order valence-corrected chi connectivity index (χ4v) is 2.01. The molecule has 0 atom stereocenters. The van der Waals surface area contributed by atoms with E-state index in [1.54, 1.807) is 0 Å². The van der Waals surface area contributed by atoms with Gasteiger partial charge in [-0.15, -0.1) is 0 Å². The zero-order valence-corrected chi connectivity index (χ0v) is 12.9. The maximum absolute atomic E-state index is 6.04. The molecule has 0 bridgehead atoms. The molecule has 2 aromatic carbocycles. The molecule has 2 aromatic rings. The summed E-state index contributed by atoms with van der Waals surface area (Å²) in [6.45, 7) is 7.96. The quantitative estimate of drug-likeness (QED) is 0.825. The Hall–Kier alpha value is -2.00. The van der Waals surface area contributed by atoms with E-state index in [-0.39, 0.29) is 5.60 Å². The van der Waals surface area contributed by atoms with Gasteiger partial charge in [0.2, 0.25) is 0 Å². The normalized spacial score (nSPS) is 11.2. The Morgan fingerprint density at radius 2 is 1.57 bits per heavy atom. The number of nitrogens with one attached hydrogen (secondary N) is 1. The molecule has 3 nitrogen and oxygen atoms in total. The van der Waals surface area contributed by atoms with E-state index in [1.165, 1.54) is 0 Å². The van der Waals surface area contributed by atoms with Gasteiger partial charge in [-0.25, -0.2) is 0 Å². The van der Waals surface area contributed by atoms with Gasteiger partial charge in [0.15, 0.2) is 0 Å². The summed E-state index contributed by atoms with van der Waals surface area (Å²) in [7, 11) is 0. The molecule has 1 N–H and O–H groups in total. The number of hydrogen-bond acceptors (Lipinski definition) is 3. The van der Waals surface area contributed by atoms with Crippen molar-refractivity contribution in [3.8, 4) is 17.2 Å². The van der Waals surface area contributed by atoms with E-state index < -0.39 is 0 Å². The smallest absolute Gasteiger partial charge is 0.131 e. The van der Waals surface area contributed by atoms with Gasteiger partial charge < -0.3 is 14.8 Å². The molecule has 0 unspecified atom stereocenters. The first-order valence-corrected chi connectivity index (χ1v) is 7.32. The lowest BCUT2D eigenvalue weighted by atomic mass is 10.1. The number of benzene rings is 2. The first-order valence-electron chi connectivity index (χ1n) is 7.32. The fourth-order valence-electron chi connectivity index (χ4n) is 2.01. The second kappa shape index (κ2) is 7.14. The van der Waals surface area contributed by atoms with E-state index in [0.29, 0.717) is 0 Å². The number of hydrogen-bond donors (Lipinski definition) is 1. The summed E-state index contributed by atoms with van der Waals surface area (Å²) in [5.41, 5.74) is -0.263. The standard InChI is InChI=1S/C18H23NO2/c1-4-19-14-18(2,3)21-17-12-8-11-16(13-17)20-15-9-6-5-7-10-15/h5-13,19H,4,14H2,1-3H3. The fraction of sp³-hybridized carbons (Fsp3) is 0.333. The van der Waals surface area contributed by atoms with Gasteiger partial charge in [-0.2, -0.15) is 0 Å². The van der Waals surface area contributed by atoms with Crippen molar-refractivity contribution in [3.63, 3.8) is 0 Å². The van der Waals surface area contributed by atoms with Gasteiger partial charge in [0, 0.05) is 12.6 Å². The molecule has 0 aliphatic rings. The zero-order valence-electron chi connectivity index (χ0n) is 12.9. The summed E-state index contributed by atoms with van der Waals surface area (Å²) in [6.07, 6.45) is 0. The summed E-state index contributed by atoms with van der Waals surface area (Å²) in [5.74, 6) is 2.41. The second-order valence-electron chi connectivity index (χ2n) is 5.53. The van der Waals surface area contributed by atoms with Gasteiger partial charge in [0.1, 0.15) is 22.8 Å². The lowest BCUT2D eigenvalue weighted by Gasteiger charge is -2.27. The van der Waals surface area contributed by atoms with Gasteiger partial charge in [-0.05, 0) is 44.7 Å². The van der Waals surface area contributed by atoms with Crippen molar-refractivity contribution in [2.45, 2.75) is 26.4 Å². The van der Waals surface area contributed by atoms with E-state index in [2.05, 4.69) is 26.1 Å². The second-order valence-corrected chi connectivity index (χ2v) is 5.53. The lowest BCUT2D eigenvalue weighted by molar-refractivity contribution is 0.108. The molecule has 0 saturated carbocycles. The highest BCUT2D eigenvalue weighted by molar-refractivity contribution is 5.37. The first kappa shape index (κ1) is 15.4. The van der Waals surface area contributed by atoms with E-state index in [4.69, 9.17) is 9.47 Å². The minimum absolute atomic E-state index is 0.263. The molecule has 0 fully saturated rings. The molecular weight excluding hydrogens is 262 g/mol. The number of para-hydroxylation sites is 1. The Labute approximate surface area is 126 Å². The van der Waals surface area contributed by atoms with Crippen molar-refractivity contribution in [2.24, 2.45) is 0 Å². The van der Waals surface area contributed by atoms with Crippen LogP contribution in [0, 0.1) is 0 Å². The maximum atomic E-state index is 6.04. The maximum Gasteiger partial charge on any atom is 0.131 e. The Morgan fingerprint density at radius 3 is 2.29 bits per heavy atom. The van der Waals surface area contributed by atoms with Crippen LogP contribution in [0.5, 0.6) is 17.2 Å². The van der Waals surface area contributed by atoms with Gasteiger partial charge >= 0.3 is 0 Å². The molecule has 0 aliphatic carbocycles. The molecule has 21 heavy (non-hydrogen) atoms. The van der Waals surface area contributed by atoms with Crippen LogP contribution in [0.4, 0.5) is 0 Å². The molecule has 0 heterocycles. The first-order chi connectivity index (χ1) is 10.1. The van der Waals surface area contributed by atoms with Crippen LogP contribution >= 0.6 is 0 Å². The third-order valence-electron chi connectivity index (χ3n) is 2.98. The van der Waals surface area contributed by atoms with E-state index in [9.17, 15) is 0 Å². The summed E-state index contributed by atoms with van der Waals surface area (Å²) >= 11 is 0. The highest BCUT2D eigenvalue weighted by atomic mass is 16.5. The Balaban J connectivity index is 2.04. The monoisotopic (exact) mass is 285 g/mol. The minimum Gasteiger partial charge on any atom is -0.486 e. The van der Waals surface area contributed by atoms with E-state index >= 15 is 0 Å². The van der Waals surface area contributed by atoms with Crippen LogP contribution < -0.4 is 14.8 Å². The summed E-state index contributed by atoms with van der Waals surface area (Å²) in [6, 6.07) is 17.5. The van der Waals surface area contributed by atoms with Crippen LogP contribution in [-0.2, 0) is 0 Å². The van der Waals surface area contributed by atoms with Crippen LogP contribution in [0.2, 0.25) is 0 Å². The zero-order chi connectivity index (χ0) is 15.1. The van der Waals surface area contributed by atoms with Crippen molar-refractivity contribution in [1.29, 1.82) is 0 Å². The SMILES string of the molecule is CCNCC(C)(C)Oc1cccc(Oc2ccccc2)c1. The molecular formula is C18H23NO2. The van der Waals surface area contributed by atoms with Crippen LogP contribution in [0.15, 0.2) is 54.6 Å². The van der Waals surface area contributed by atoms with Crippen LogP contribution in [0.1, 0.15) is 20.8 Å². The molecule has 0 amide bonds. The van der Waals surface area contributed by atoms with Crippen LogP contribution in [-0.4, -0.2) is 18.7 Å². The predicted octanol–water partition coefficient (Wildman–Crippen LogP) is 4.25. The molecule has 0 radical (unpaired) electrons. The Bertz CT molecular complexity index is 552. The summed E-state index contributed by atoms with van der Waals surface area (Å²) < 4.78 is 11.9. The summed E-state index contributed by atoms with van der Waals surface area (Å²) in [4.78, 5) is 0. The lowest BCUT2D eigenvalue weighted by Crippen LogP contribution is -2.40. The van der Waals surface area contributed by atoms with Crippen molar-refractivity contribution in [2.75, 3.05) is 13.1 Å². The molecule has 0 aromatic heterocycles. The van der Waals surface area contributed by atoms with Gasteiger partial charge in [-0.3, -0.25) is 0 Å². The van der Waals surface area contributed by atoms with E-state index in [1.807, 2.05) is 54.6 Å². The van der Waals surface area contributed by atoms with Crippen molar-refractivity contribution in [1.82, 2.24) is 5.32 Å². The van der Waals surface area contributed by atoms with Crippen LogP contribution in [0.25, 0.3) is 0 Å².